The first kappa shape index (κ1) is 31.5. The lowest BCUT2D eigenvalue weighted by Crippen LogP contribution is -2.54. The molecule has 0 spiro atoms. The molecule has 0 aliphatic carbocycles. The molecule has 0 bridgehead atoms. The largest absolute Gasteiger partial charge is 0.369 e. The summed E-state index contributed by atoms with van der Waals surface area (Å²) in [5, 5.41) is 5.65. The van der Waals surface area contributed by atoms with Crippen molar-refractivity contribution >= 4 is 35.1 Å². The lowest BCUT2D eigenvalue weighted by molar-refractivity contribution is -0.138. The molecule has 0 aromatic heterocycles. The van der Waals surface area contributed by atoms with Crippen molar-refractivity contribution in [1.82, 2.24) is 25.3 Å². The summed E-state index contributed by atoms with van der Waals surface area (Å²) < 4.78 is 0. The number of nitrogens with zero attached hydrogens (tertiary/aromatic N) is 4. The zero-order chi connectivity index (χ0) is 30.7. The number of piperazine rings is 1. The summed E-state index contributed by atoms with van der Waals surface area (Å²) in [7, 11) is 2.11. The summed E-state index contributed by atoms with van der Waals surface area (Å²) in [6, 6.07) is 4.73. The Kier molecular flexibility index (Phi) is 9.91. The van der Waals surface area contributed by atoms with Gasteiger partial charge in [0.2, 0.25) is 17.7 Å². The second kappa shape index (κ2) is 13.2. The molecule has 3 aliphatic rings. The smallest absolute Gasteiger partial charge is 0.251 e. The highest BCUT2D eigenvalue weighted by atomic mass is 16.2. The van der Waals surface area contributed by atoms with E-state index in [1.165, 1.54) is 11.8 Å². The quantitative estimate of drug-likeness (QED) is 0.448. The SMILES string of the molecule is CC(=O)NC(C(=O)N1CC(=O)C2C1CCN2C(=O)C(CC(C)C)NC(=O)c1ccc(N2CCN(C)CC2)cc1)C(C)C. The number of carbonyl (C=O) groups excluding carboxylic acids is 5. The van der Waals surface area contributed by atoms with Crippen LogP contribution in [0.3, 0.4) is 0 Å². The zero-order valence-corrected chi connectivity index (χ0v) is 25.8. The number of hydrogen-bond donors (Lipinski definition) is 2. The number of likely N-dealkylation sites (N-methyl/N-ethyl adjacent to an activating group) is 1. The fourth-order valence-corrected chi connectivity index (χ4v) is 6.29. The molecule has 2 N–H and O–H groups in total. The molecule has 11 heteroatoms. The fourth-order valence-electron chi connectivity index (χ4n) is 6.29. The van der Waals surface area contributed by atoms with Gasteiger partial charge in [0.25, 0.3) is 5.91 Å². The molecular formula is C31H46N6O5. The van der Waals surface area contributed by atoms with Gasteiger partial charge in [-0.05, 0) is 56.0 Å². The molecule has 3 heterocycles. The lowest BCUT2D eigenvalue weighted by Gasteiger charge is -2.34. The highest BCUT2D eigenvalue weighted by Crippen LogP contribution is 2.32. The molecule has 4 unspecified atom stereocenters. The Bertz CT molecular complexity index is 1180. The van der Waals surface area contributed by atoms with E-state index in [4.69, 9.17) is 0 Å². The Balaban J connectivity index is 1.45. The average Bonchev–Trinajstić information content (AvgIpc) is 3.52. The molecule has 3 fully saturated rings. The summed E-state index contributed by atoms with van der Waals surface area (Å²) >= 11 is 0. The van der Waals surface area contributed by atoms with Crippen LogP contribution in [0.2, 0.25) is 0 Å². The van der Waals surface area contributed by atoms with Crippen molar-refractivity contribution in [3.8, 4) is 0 Å². The molecule has 11 nitrogen and oxygen atoms in total. The number of likely N-dealkylation sites (tertiary alicyclic amines) is 2. The number of amides is 4. The third-order valence-corrected chi connectivity index (χ3v) is 8.59. The van der Waals surface area contributed by atoms with Crippen LogP contribution in [0.25, 0.3) is 0 Å². The second-order valence-electron chi connectivity index (χ2n) is 12.7. The van der Waals surface area contributed by atoms with Crippen molar-refractivity contribution in [3.63, 3.8) is 0 Å². The zero-order valence-electron chi connectivity index (χ0n) is 25.8. The van der Waals surface area contributed by atoms with Crippen molar-refractivity contribution in [2.75, 3.05) is 51.2 Å². The minimum Gasteiger partial charge on any atom is -0.369 e. The number of benzene rings is 1. The minimum absolute atomic E-state index is 0.0956. The number of fused-ring (bicyclic) bond motifs is 1. The summed E-state index contributed by atoms with van der Waals surface area (Å²) in [6.45, 7) is 13.1. The number of Topliss-reactive ketones (excluding diaryl/α,β-unsaturated/α-hetero) is 1. The van der Waals surface area contributed by atoms with Gasteiger partial charge in [0.15, 0.2) is 5.78 Å². The molecule has 4 rings (SSSR count). The predicted molar refractivity (Wildman–Crippen MR) is 160 cm³/mol. The van der Waals surface area contributed by atoms with E-state index in [1.54, 1.807) is 17.0 Å². The molecule has 4 atom stereocenters. The van der Waals surface area contributed by atoms with Gasteiger partial charge in [-0.2, -0.15) is 0 Å². The first-order valence-corrected chi connectivity index (χ1v) is 15.1. The highest BCUT2D eigenvalue weighted by molar-refractivity contribution is 6.01. The molecule has 42 heavy (non-hydrogen) atoms. The van der Waals surface area contributed by atoms with Crippen molar-refractivity contribution in [3.05, 3.63) is 29.8 Å². The summed E-state index contributed by atoms with van der Waals surface area (Å²) in [6.07, 6.45) is 0.890. The number of hydrogen-bond acceptors (Lipinski definition) is 7. The average molecular weight is 583 g/mol. The van der Waals surface area contributed by atoms with Crippen LogP contribution in [0, 0.1) is 11.8 Å². The second-order valence-corrected chi connectivity index (χ2v) is 12.7. The van der Waals surface area contributed by atoms with E-state index in [0.29, 0.717) is 24.9 Å². The first-order valence-electron chi connectivity index (χ1n) is 15.1. The molecular weight excluding hydrogens is 536 g/mol. The number of ketones is 1. The number of rotatable bonds is 9. The molecule has 3 aliphatic heterocycles. The van der Waals surface area contributed by atoms with Gasteiger partial charge in [0.05, 0.1) is 12.6 Å². The highest BCUT2D eigenvalue weighted by Gasteiger charge is 2.53. The molecule has 4 amide bonds. The van der Waals surface area contributed by atoms with Gasteiger partial charge in [-0.15, -0.1) is 0 Å². The lowest BCUT2D eigenvalue weighted by atomic mass is 10.0. The van der Waals surface area contributed by atoms with Crippen LogP contribution in [0.4, 0.5) is 5.69 Å². The van der Waals surface area contributed by atoms with Crippen molar-refractivity contribution in [2.45, 2.75) is 71.6 Å². The number of carbonyl (C=O) groups is 5. The Morgan fingerprint density at radius 1 is 0.881 bits per heavy atom. The molecule has 0 saturated carbocycles. The van der Waals surface area contributed by atoms with E-state index in [1.807, 2.05) is 39.8 Å². The monoisotopic (exact) mass is 582 g/mol. The Labute approximate surface area is 248 Å². The van der Waals surface area contributed by atoms with E-state index < -0.39 is 24.2 Å². The van der Waals surface area contributed by atoms with Crippen LogP contribution < -0.4 is 15.5 Å². The Morgan fingerprint density at radius 3 is 2.10 bits per heavy atom. The maximum absolute atomic E-state index is 13.9. The standard InChI is InChI=1S/C31H46N6O5/c1-19(2)17-24(33-29(40)22-7-9-23(10-8-22)35-15-13-34(6)14-16-35)30(41)36-12-11-25-28(36)26(39)18-37(25)31(42)27(20(3)4)32-21(5)38/h7-10,19-20,24-25,27-28H,11-18H2,1-6H3,(H,32,38)(H,33,40). The van der Waals surface area contributed by atoms with Crippen molar-refractivity contribution < 1.29 is 24.0 Å². The van der Waals surface area contributed by atoms with Crippen molar-refractivity contribution in [2.24, 2.45) is 11.8 Å². The van der Waals surface area contributed by atoms with Crippen LogP contribution in [-0.4, -0.2) is 115 Å². The molecule has 1 aromatic rings. The fraction of sp³-hybridized carbons (Fsp3) is 0.645. The predicted octanol–water partition coefficient (Wildman–Crippen LogP) is 1.12. The number of nitrogens with one attached hydrogen (secondary N) is 2. The molecule has 3 saturated heterocycles. The van der Waals surface area contributed by atoms with Gasteiger partial charge in [-0.3, -0.25) is 24.0 Å². The minimum atomic E-state index is -0.797. The van der Waals surface area contributed by atoms with E-state index in [2.05, 4.69) is 27.5 Å². The van der Waals surface area contributed by atoms with Crippen molar-refractivity contribution in [1.29, 1.82) is 0 Å². The van der Waals surface area contributed by atoms with Crippen LogP contribution in [0.1, 0.15) is 57.8 Å². The number of anilines is 1. The van der Waals surface area contributed by atoms with Crippen LogP contribution in [-0.2, 0) is 19.2 Å². The van der Waals surface area contributed by atoms with E-state index in [-0.39, 0.29) is 47.8 Å². The van der Waals surface area contributed by atoms with Crippen LogP contribution in [0.5, 0.6) is 0 Å². The molecule has 230 valence electrons. The van der Waals surface area contributed by atoms with Gasteiger partial charge in [-0.25, -0.2) is 0 Å². The van der Waals surface area contributed by atoms with Gasteiger partial charge in [0.1, 0.15) is 18.1 Å². The normalized spacial score (nSPS) is 22.4. The maximum atomic E-state index is 13.9. The third kappa shape index (κ3) is 6.94. The van der Waals surface area contributed by atoms with Gasteiger partial charge < -0.3 is 30.2 Å². The summed E-state index contributed by atoms with van der Waals surface area (Å²) in [5.41, 5.74) is 1.54. The van der Waals surface area contributed by atoms with E-state index in [0.717, 1.165) is 31.9 Å². The van der Waals surface area contributed by atoms with Crippen LogP contribution in [0.15, 0.2) is 24.3 Å². The van der Waals surface area contributed by atoms with E-state index in [9.17, 15) is 24.0 Å². The third-order valence-electron chi connectivity index (χ3n) is 8.59. The van der Waals surface area contributed by atoms with Gasteiger partial charge in [-0.1, -0.05) is 27.7 Å². The van der Waals surface area contributed by atoms with Gasteiger partial charge in [0, 0.05) is 50.9 Å². The Morgan fingerprint density at radius 2 is 1.52 bits per heavy atom. The first-order chi connectivity index (χ1) is 19.9. The Hall–Kier alpha value is -3.47. The van der Waals surface area contributed by atoms with Gasteiger partial charge >= 0.3 is 0 Å². The summed E-state index contributed by atoms with van der Waals surface area (Å²) in [5.74, 6) is -1.48. The molecule has 1 aromatic carbocycles. The maximum Gasteiger partial charge on any atom is 0.251 e. The summed E-state index contributed by atoms with van der Waals surface area (Å²) in [4.78, 5) is 73.1. The topological polar surface area (TPSA) is 122 Å². The van der Waals surface area contributed by atoms with Crippen LogP contribution >= 0.6 is 0 Å². The van der Waals surface area contributed by atoms with E-state index >= 15 is 0 Å². The molecule has 0 radical (unpaired) electrons.